The molecule has 9 aromatic rings. The molecule has 0 aliphatic carbocycles. The highest BCUT2D eigenvalue weighted by Crippen LogP contribution is 2.43. The third-order valence-electron chi connectivity index (χ3n) is 12.7. The van der Waals surface area contributed by atoms with E-state index >= 15 is 0 Å². The lowest BCUT2D eigenvalue weighted by Gasteiger charge is -2.13. The van der Waals surface area contributed by atoms with Crippen molar-refractivity contribution in [3.63, 3.8) is 0 Å². The highest BCUT2D eigenvalue weighted by atomic mass is 79.9. The van der Waals surface area contributed by atoms with Crippen LogP contribution < -0.4 is 52.1 Å². The lowest BCUT2D eigenvalue weighted by molar-refractivity contribution is 0.0507. The molecule has 0 spiro atoms. The zero-order valence-electron chi connectivity index (χ0n) is 53.2. The second kappa shape index (κ2) is 39.3. The van der Waals surface area contributed by atoms with Gasteiger partial charge in [0.25, 0.3) is 0 Å². The average molecular weight is 1320 g/mol. The number of alkyl halides is 1. The molecule has 7 aromatic carbocycles. The molecule has 0 saturated heterocycles. The van der Waals surface area contributed by atoms with Crippen molar-refractivity contribution in [1.29, 1.82) is 0 Å². The van der Waals surface area contributed by atoms with Crippen LogP contribution in [0.15, 0.2) is 143 Å². The summed E-state index contributed by atoms with van der Waals surface area (Å²) in [4.78, 5) is 24.2. The van der Waals surface area contributed by atoms with E-state index in [9.17, 15) is 9.90 Å². The number of phenolic OH excluding ortho intramolecular Hbond substituents is 1. The van der Waals surface area contributed by atoms with E-state index in [1.165, 1.54) is 0 Å². The fourth-order valence-electron chi connectivity index (χ4n) is 8.26. The molecule has 0 saturated carbocycles. The molecule has 2 aromatic heterocycles. The number of rotatable bonds is 23. The van der Waals surface area contributed by atoms with E-state index in [0.717, 1.165) is 45.2 Å². The van der Waals surface area contributed by atoms with Crippen molar-refractivity contribution in [2.45, 2.75) is 33.5 Å². The predicted molar refractivity (Wildman–Crippen MR) is 359 cm³/mol. The van der Waals surface area contributed by atoms with Gasteiger partial charge in [0, 0.05) is 74.3 Å². The fraction of sp³-hybridized carbons (Fsp3) is 0.275. The van der Waals surface area contributed by atoms with Crippen LogP contribution in [-0.2, 0) is 19.5 Å². The van der Waals surface area contributed by atoms with Gasteiger partial charge in [-0.1, -0.05) is 59.8 Å². The summed E-state index contributed by atoms with van der Waals surface area (Å²) in [6.45, 7) is 18.0. The van der Waals surface area contributed by atoms with E-state index in [-0.39, 0.29) is 33.6 Å². The van der Waals surface area contributed by atoms with E-state index < -0.39 is 0 Å². The quantitative estimate of drug-likeness (QED) is 0.0206. The topological polar surface area (TPSA) is 231 Å². The lowest BCUT2D eigenvalue weighted by atomic mass is 10.1. The summed E-state index contributed by atoms with van der Waals surface area (Å²) in [6, 6.07) is 30.8. The van der Waals surface area contributed by atoms with Gasteiger partial charge in [0.15, 0.2) is 77.5 Å². The number of aryl methyl sites for hydroxylation is 3. The van der Waals surface area contributed by atoms with Gasteiger partial charge in [-0.3, -0.25) is 9.79 Å². The van der Waals surface area contributed by atoms with Crippen LogP contribution in [0.5, 0.6) is 69.0 Å². The van der Waals surface area contributed by atoms with Gasteiger partial charge in [0.2, 0.25) is 11.8 Å². The van der Waals surface area contributed by atoms with Gasteiger partial charge in [-0.2, -0.15) is 0 Å². The maximum absolute atomic E-state index is 10.6. The van der Waals surface area contributed by atoms with Crippen molar-refractivity contribution in [3.05, 3.63) is 163 Å². The maximum Gasteiger partial charge on any atom is 0.231 e. The summed E-state index contributed by atoms with van der Waals surface area (Å²) in [6.07, 6.45) is 2.41. The molecule has 0 aliphatic heterocycles. The van der Waals surface area contributed by atoms with Crippen LogP contribution in [-0.4, -0.2) is 126 Å². The number of hydrogen-bond acceptors (Lipinski definition) is 21. The summed E-state index contributed by atoms with van der Waals surface area (Å²) in [5, 5.41) is 10.6. The van der Waals surface area contributed by atoms with Crippen molar-refractivity contribution < 1.29 is 85.1 Å². The van der Waals surface area contributed by atoms with E-state index in [1.54, 1.807) is 145 Å². The number of aldehydes is 1. The van der Waals surface area contributed by atoms with Crippen molar-refractivity contribution >= 4 is 56.3 Å². The summed E-state index contributed by atoms with van der Waals surface area (Å²) in [5.41, 5.74) is 10.0. The number of hydrogen-bond donors (Lipinski definition) is 1. The van der Waals surface area contributed by atoms with Crippen molar-refractivity contribution in [2.24, 2.45) is 4.99 Å². The Morgan fingerprint density at radius 1 is 0.473 bits per heavy atom. The molecule has 0 atom stereocenters. The Morgan fingerprint density at radius 2 is 0.857 bits per heavy atom. The molecule has 9 rings (SSSR count). The van der Waals surface area contributed by atoms with Crippen molar-refractivity contribution in [1.82, 2.24) is 9.97 Å². The molecule has 21 nitrogen and oxygen atoms in total. The van der Waals surface area contributed by atoms with Crippen molar-refractivity contribution in [2.75, 3.05) is 98.6 Å². The van der Waals surface area contributed by atoms with E-state index in [4.69, 9.17) is 75.2 Å². The first-order chi connectivity index (χ1) is 43.7. The number of carbonyl (C=O) groups excluding carboxylic acids is 1. The Labute approximate surface area is 540 Å². The number of carbonyl (C=O) groups is 1. The van der Waals surface area contributed by atoms with Crippen LogP contribution in [0.3, 0.4) is 0 Å². The molecule has 0 bridgehead atoms. The number of nitrogens with zero attached hydrogens (tertiary/aromatic N) is 3. The van der Waals surface area contributed by atoms with E-state index in [2.05, 4.69) is 57.2 Å². The standard InChI is InChI=1S/C18H18BrNO5.C18H19NO5.C18H21NO5.C10H12O3.2C2H4.CH4/c1-21-10-24-14-8-16(23-3)15(22-2)7-12(14)18-20-17-11(9-19)5-4-6-13(17)25-18;1-11-6-5-7-13-17(11)19-18(24-13)12-8-15(21-3)16(22-4)9-14(12)23-10-20-2;1-12-6-5-7-14(20)18(12)19-10-13-8-16(22-3)17(23-4)9-15(13)24-11-21-2;1-7-4-9(12-2)10(13-3)5-8(7)6-11;2*1-2;/h4-8H,9-10H2,1-3H3;5-9H,10H2,1-4H3;5-10,20H,11H2,1-4H3;4-6H,1-3H3;2*1-2H2;1H4. The van der Waals surface area contributed by atoms with Gasteiger partial charge in [0.1, 0.15) is 46.0 Å². The molecule has 488 valence electrons. The Kier molecular flexibility index (Phi) is 32.6. The molecule has 1 N–H and O–H groups in total. The van der Waals surface area contributed by atoms with Crippen LogP contribution in [0.4, 0.5) is 5.69 Å². The SMILES string of the molecule is C.C=C.C=C.COCOc1cc(OC)c(OC)cc1-c1nc2c(C)cccc2o1.COCOc1cc(OC)c(OC)cc1-c1nc2c(CBr)cccc2o1.COCOc1cc(OC)c(OC)cc1C=Nc1c(C)cccc1O.COc1cc(C)c(C=O)cc1OC. The van der Waals surface area contributed by atoms with E-state index in [1.807, 2.05) is 63.2 Å². The number of para-hydroxylation sites is 3. The molecule has 22 heteroatoms. The predicted octanol–water partition coefficient (Wildman–Crippen LogP) is 15.7. The first-order valence-corrected chi connectivity index (χ1v) is 28.3. The zero-order chi connectivity index (χ0) is 66.3. The minimum absolute atomic E-state index is 0. The third-order valence-corrected chi connectivity index (χ3v) is 13.3. The molecule has 0 amide bonds. The van der Waals surface area contributed by atoms with Gasteiger partial charge in [-0.25, -0.2) is 9.97 Å². The summed E-state index contributed by atoms with van der Waals surface area (Å²) < 4.78 is 85.8. The van der Waals surface area contributed by atoms with Gasteiger partial charge in [-0.05, 0) is 79.4 Å². The van der Waals surface area contributed by atoms with Crippen LogP contribution in [0.25, 0.3) is 45.1 Å². The van der Waals surface area contributed by atoms with Gasteiger partial charge in [-0.15, -0.1) is 26.3 Å². The van der Waals surface area contributed by atoms with Crippen LogP contribution in [0.1, 0.15) is 45.6 Å². The summed E-state index contributed by atoms with van der Waals surface area (Å²) >= 11 is 3.48. The molecule has 91 heavy (non-hydrogen) atoms. The van der Waals surface area contributed by atoms with Crippen molar-refractivity contribution in [3.8, 4) is 91.9 Å². The average Bonchev–Trinajstić information content (AvgIpc) is 1.76. The number of fused-ring (bicyclic) bond motifs is 2. The smallest absolute Gasteiger partial charge is 0.231 e. The minimum Gasteiger partial charge on any atom is -0.506 e. The molecule has 0 fully saturated rings. The normalized spacial score (nSPS) is 10.1. The maximum atomic E-state index is 10.6. The number of methoxy groups -OCH3 is 11. The molecule has 2 heterocycles. The monoisotopic (exact) mass is 1320 g/mol. The molecule has 0 unspecified atom stereocenters. The second-order valence-electron chi connectivity index (χ2n) is 18.0. The second-order valence-corrected chi connectivity index (χ2v) is 18.6. The first-order valence-electron chi connectivity index (χ1n) is 27.2. The van der Waals surface area contributed by atoms with Crippen LogP contribution in [0.2, 0.25) is 0 Å². The number of benzene rings is 7. The Hall–Kier alpha value is -9.74. The largest absolute Gasteiger partial charge is 0.506 e. The number of oxazole rings is 2. The zero-order valence-corrected chi connectivity index (χ0v) is 54.8. The van der Waals surface area contributed by atoms with Gasteiger partial charge >= 0.3 is 0 Å². The third kappa shape index (κ3) is 19.9. The van der Waals surface area contributed by atoms with Gasteiger partial charge < -0.3 is 80.3 Å². The number of aliphatic imine (C=N–C) groups is 1. The first kappa shape index (κ1) is 75.5. The molecule has 0 aliphatic rings. The number of ether oxygens (including phenoxy) is 14. The van der Waals surface area contributed by atoms with Gasteiger partial charge in [0.05, 0.1) is 68.0 Å². The lowest BCUT2D eigenvalue weighted by Crippen LogP contribution is -2.03. The molecular formula is C69H82BrN3O18. The van der Waals surface area contributed by atoms with E-state index in [0.29, 0.717) is 114 Å². The Balaban J connectivity index is 0.000000316. The molecule has 0 radical (unpaired) electrons. The van der Waals surface area contributed by atoms with Crippen LogP contribution >= 0.6 is 15.9 Å². The molecular weight excluding hydrogens is 1240 g/mol. The summed E-state index contributed by atoms with van der Waals surface area (Å²) in [5.74, 6) is 7.16. The highest BCUT2D eigenvalue weighted by molar-refractivity contribution is 9.08. The fourth-order valence-corrected chi connectivity index (χ4v) is 8.71. The number of halogens is 1. The Bertz CT molecular complexity index is 3730. The number of phenols is 1. The minimum atomic E-state index is 0. The summed E-state index contributed by atoms with van der Waals surface area (Å²) in [7, 11) is 17.2. The number of aromatic nitrogens is 2. The van der Waals surface area contributed by atoms with Crippen LogP contribution in [0, 0.1) is 20.8 Å². The number of aromatic hydroxyl groups is 1. The Morgan fingerprint density at radius 3 is 1.30 bits per heavy atom. The highest BCUT2D eigenvalue weighted by Gasteiger charge is 2.22.